The number of hydrogen-bond acceptors (Lipinski definition) is 3. The number of benzene rings is 2. The standard InChI is InChI=1S/C24H25NOS/c1-24(2,3)18-7-5-6-17(14-18)20-12-13-25-21-15-22(26-23(20)21)16-8-10-19(27-4)11-9-16/h5-15,21,25H,1-4H3. The average Bonchev–Trinajstić information content (AvgIpc) is 3.12. The maximum absolute atomic E-state index is 6.34. The summed E-state index contributed by atoms with van der Waals surface area (Å²) in [6, 6.07) is 17.4. The van der Waals surface area contributed by atoms with Crippen LogP contribution in [0.1, 0.15) is 37.5 Å². The largest absolute Gasteiger partial charge is 0.458 e. The molecule has 0 fully saturated rings. The number of thioether (sulfide) groups is 1. The number of dihydropyridines is 1. The number of allylic oxidation sites excluding steroid dienone is 2. The SMILES string of the molecule is CSc1ccc(C2=CC3NC=CC(c4cccc(C(C)(C)C)c4)=C3O2)cc1. The Labute approximate surface area is 166 Å². The van der Waals surface area contributed by atoms with Crippen molar-refractivity contribution < 1.29 is 4.74 Å². The van der Waals surface area contributed by atoms with E-state index in [0.717, 1.165) is 22.7 Å². The van der Waals surface area contributed by atoms with Gasteiger partial charge in [0, 0.05) is 16.0 Å². The third-order valence-corrected chi connectivity index (χ3v) is 5.77. The van der Waals surface area contributed by atoms with Crippen LogP contribution in [0.2, 0.25) is 0 Å². The van der Waals surface area contributed by atoms with Crippen molar-refractivity contribution in [3.05, 3.63) is 89.3 Å². The van der Waals surface area contributed by atoms with Crippen LogP contribution < -0.4 is 5.32 Å². The van der Waals surface area contributed by atoms with E-state index in [1.807, 2.05) is 6.20 Å². The van der Waals surface area contributed by atoms with Crippen molar-refractivity contribution in [3.8, 4) is 0 Å². The van der Waals surface area contributed by atoms with Crippen molar-refractivity contribution >= 4 is 23.1 Å². The maximum Gasteiger partial charge on any atom is 0.138 e. The molecule has 0 aromatic heterocycles. The molecular formula is C24H25NOS. The highest BCUT2D eigenvalue weighted by Crippen LogP contribution is 2.37. The van der Waals surface area contributed by atoms with Gasteiger partial charge in [-0.25, -0.2) is 0 Å². The van der Waals surface area contributed by atoms with E-state index in [-0.39, 0.29) is 11.5 Å². The molecule has 2 aliphatic heterocycles. The monoisotopic (exact) mass is 375 g/mol. The number of hydrogen-bond donors (Lipinski definition) is 1. The first-order valence-electron chi connectivity index (χ1n) is 9.27. The minimum atomic E-state index is 0.0820. The first kappa shape index (κ1) is 18.0. The van der Waals surface area contributed by atoms with E-state index < -0.39 is 0 Å². The van der Waals surface area contributed by atoms with Gasteiger partial charge in [0.15, 0.2) is 0 Å². The molecule has 4 rings (SSSR count). The molecule has 27 heavy (non-hydrogen) atoms. The number of fused-ring (bicyclic) bond motifs is 1. The van der Waals surface area contributed by atoms with Gasteiger partial charge in [-0.3, -0.25) is 0 Å². The Morgan fingerprint density at radius 2 is 1.78 bits per heavy atom. The zero-order valence-electron chi connectivity index (χ0n) is 16.2. The van der Waals surface area contributed by atoms with Gasteiger partial charge in [-0.05, 0) is 53.3 Å². The van der Waals surface area contributed by atoms with E-state index >= 15 is 0 Å². The fourth-order valence-electron chi connectivity index (χ4n) is 3.41. The molecule has 0 spiro atoms. The van der Waals surface area contributed by atoms with Gasteiger partial charge in [-0.1, -0.05) is 57.2 Å². The van der Waals surface area contributed by atoms with Gasteiger partial charge in [-0.15, -0.1) is 11.8 Å². The molecule has 0 aliphatic carbocycles. The summed E-state index contributed by atoms with van der Waals surface area (Å²) in [4.78, 5) is 1.26. The van der Waals surface area contributed by atoms with Crippen LogP contribution in [0, 0.1) is 0 Å². The lowest BCUT2D eigenvalue weighted by atomic mass is 9.85. The summed E-state index contributed by atoms with van der Waals surface area (Å²) in [5.41, 5.74) is 4.91. The summed E-state index contributed by atoms with van der Waals surface area (Å²) < 4.78 is 6.34. The maximum atomic E-state index is 6.34. The number of ether oxygens (including phenoxy) is 1. The molecular weight excluding hydrogens is 350 g/mol. The van der Waals surface area contributed by atoms with Crippen molar-refractivity contribution in [1.29, 1.82) is 0 Å². The van der Waals surface area contributed by atoms with Crippen LogP contribution in [0.25, 0.3) is 11.3 Å². The molecule has 138 valence electrons. The Hall–Kier alpha value is -2.39. The van der Waals surface area contributed by atoms with Crippen LogP contribution >= 0.6 is 11.8 Å². The lowest BCUT2D eigenvalue weighted by Gasteiger charge is -2.22. The summed E-state index contributed by atoms with van der Waals surface area (Å²) in [7, 11) is 0. The third-order valence-electron chi connectivity index (χ3n) is 5.03. The first-order valence-corrected chi connectivity index (χ1v) is 10.5. The Kier molecular flexibility index (Phi) is 4.65. The summed E-state index contributed by atoms with van der Waals surface area (Å²) in [6.45, 7) is 6.74. The van der Waals surface area contributed by atoms with Crippen LogP contribution in [-0.2, 0) is 10.2 Å². The van der Waals surface area contributed by atoms with Gasteiger partial charge in [-0.2, -0.15) is 0 Å². The number of rotatable bonds is 3. The zero-order chi connectivity index (χ0) is 19.0. The van der Waals surface area contributed by atoms with Gasteiger partial charge in [0.2, 0.25) is 0 Å². The molecule has 2 nitrogen and oxygen atoms in total. The molecule has 2 aromatic carbocycles. The summed E-state index contributed by atoms with van der Waals surface area (Å²) in [5.74, 6) is 1.90. The Morgan fingerprint density at radius 3 is 2.48 bits per heavy atom. The second-order valence-corrected chi connectivity index (χ2v) is 8.83. The summed E-state index contributed by atoms with van der Waals surface area (Å²) >= 11 is 1.75. The lowest BCUT2D eigenvalue weighted by molar-refractivity contribution is 0.379. The molecule has 3 heteroatoms. The molecule has 2 aromatic rings. The van der Waals surface area contributed by atoms with Crippen molar-refractivity contribution in [2.45, 2.75) is 37.1 Å². The van der Waals surface area contributed by atoms with Crippen LogP contribution in [0.15, 0.2) is 77.5 Å². The smallest absolute Gasteiger partial charge is 0.138 e. The molecule has 0 amide bonds. The number of nitrogens with one attached hydrogen (secondary N) is 1. The van der Waals surface area contributed by atoms with Crippen molar-refractivity contribution in [2.24, 2.45) is 0 Å². The quantitative estimate of drug-likeness (QED) is 0.667. The fourth-order valence-corrected chi connectivity index (χ4v) is 3.82. The summed E-state index contributed by atoms with van der Waals surface area (Å²) in [6.07, 6.45) is 8.39. The predicted molar refractivity (Wildman–Crippen MR) is 115 cm³/mol. The molecule has 2 heterocycles. The van der Waals surface area contributed by atoms with Crippen LogP contribution in [0.3, 0.4) is 0 Å². The highest BCUT2D eigenvalue weighted by atomic mass is 32.2. The van der Waals surface area contributed by atoms with E-state index in [4.69, 9.17) is 4.74 Å². The second kappa shape index (κ2) is 6.97. The first-order chi connectivity index (χ1) is 13.0. The zero-order valence-corrected chi connectivity index (χ0v) is 17.1. The summed E-state index contributed by atoms with van der Waals surface area (Å²) in [5, 5.41) is 3.40. The highest BCUT2D eigenvalue weighted by molar-refractivity contribution is 7.98. The van der Waals surface area contributed by atoms with Crippen molar-refractivity contribution in [1.82, 2.24) is 5.32 Å². The molecule has 0 saturated carbocycles. The van der Waals surface area contributed by atoms with Gasteiger partial charge in [0.05, 0.1) is 0 Å². The van der Waals surface area contributed by atoms with Gasteiger partial charge >= 0.3 is 0 Å². The van der Waals surface area contributed by atoms with Crippen LogP contribution in [0.5, 0.6) is 0 Å². The van der Waals surface area contributed by atoms with E-state index in [1.54, 1.807) is 11.8 Å². The van der Waals surface area contributed by atoms with Crippen LogP contribution in [-0.4, -0.2) is 12.3 Å². The minimum absolute atomic E-state index is 0.0820. The molecule has 2 aliphatic rings. The van der Waals surface area contributed by atoms with Crippen molar-refractivity contribution in [3.63, 3.8) is 0 Å². The minimum Gasteiger partial charge on any atom is -0.458 e. The Balaban J connectivity index is 1.68. The molecule has 1 unspecified atom stereocenters. The van der Waals surface area contributed by atoms with E-state index in [2.05, 4.69) is 93.0 Å². The third kappa shape index (κ3) is 3.57. The molecule has 1 atom stereocenters. The Morgan fingerprint density at radius 1 is 1.00 bits per heavy atom. The molecule has 0 radical (unpaired) electrons. The molecule has 1 N–H and O–H groups in total. The Bertz CT molecular complexity index is 945. The molecule has 0 bridgehead atoms. The predicted octanol–water partition coefficient (Wildman–Crippen LogP) is 5.97. The second-order valence-electron chi connectivity index (χ2n) is 7.95. The van der Waals surface area contributed by atoms with Crippen LogP contribution in [0.4, 0.5) is 0 Å². The van der Waals surface area contributed by atoms with E-state index in [1.165, 1.54) is 16.0 Å². The molecule has 0 saturated heterocycles. The lowest BCUT2D eigenvalue weighted by Crippen LogP contribution is -2.25. The van der Waals surface area contributed by atoms with Gasteiger partial charge in [0.25, 0.3) is 0 Å². The van der Waals surface area contributed by atoms with Crippen molar-refractivity contribution in [2.75, 3.05) is 6.26 Å². The fraction of sp³-hybridized carbons (Fsp3) is 0.250. The van der Waals surface area contributed by atoms with Gasteiger partial charge in [0.1, 0.15) is 17.6 Å². The topological polar surface area (TPSA) is 21.3 Å². The van der Waals surface area contributed by atoms with E-state index in [9.17, 15) is 0 Å². The van der Waals surface area contributed by atoms with E-state index in [0.29, 0.717) is 0 Å². The average molecular weight is 376 g/mol. The van der Waals surface area contributed by atoms with Gasteiger partial charge < -0.3 is 10.1 Å². The normalized spacial score (nSPS) is 18.7. The highest BCUT2D eigenvalue weighted by Gasteiger charge is 2.29.